The number of hydrogen-bond donors (Lipinski definition) is 2. The largest absolute Gasteiger partial charge is 0.359 e. The number of carbonyl (C=O) groups is 1. The summed E-state index contributed by atoms with van der Waals surface area (Å²) in [6.07, 6.45) is 3.25. The normalized spacial score (nSPS) is 10.5. The van der Waals surface area contributed by atoms with E-state index >= 15 is 0 Å². The number of rotatable bonds is 3. The van der Waals surface area contributed by atoms with Crippen LogP contribution < -0.4 is 17.0 Å². The summed E-state index contributed by atoms with van der Waals surface area (Å²) in [5, 5.41) is 3.53. The molecule has 2 aromatic heterocycles. The molecule has 0 fully saturated rings. The van der Waals surface area contributed by atoms with Crippen LogP contribution in [0.4, 0.5) is 0 Å². The van der Waals surface area contributed by atoms with E-state index in [1.165, 1.54) is 15.2 Å². The summed E-state index contributed by atoms with van der Waals surface area (Å²) in [7, 11) is 1.65. The van der Waals surface area contributed by atoms with E-state index < -0.39 is 5.91 Å². The highest BCUT2D eigenvalue weighted by Gasteiger charge is 2.12. The van der Waals surface area contributed by atoms with Crippen LogP contribution in [0.1, 0.15) is 16.2 Å². The molecule has 0 bridgehead atoms. The Kier molecular flexibility index (Phi) is 2.79. The molecule has 17 heavy (non-hydrogen) atoms. The van der Waals surface area contributed by atoms with E-state index in [1.54, 1.807) is 19.4 Å². The summed E-state index contributed by atoms with van der Waals surface area (Å²) in [4.78, 5) is 22.7. The van der Waals surface area contributed by atoms with Crippen molar-refractivity contribution < 1.29 is 9.32 Å². The number of imidazole rings is 1. The van der Waals surface area contributed by atoms with Gasteiger partial charge in [0.15, 0.2) is 11.5 Å². The lowest BCUT2D eigenvalue weighted by molar-refractivity contribution is 0.0944. The third-order valence-electron chi connectivity index (χ3n) is 2.27. The second kappa shape index (κ2) is 4.26. The van der Waals surface area contributed by atoms with Crippen LogP contribution >= 0.6 is 0 Å². The molecule has 2 aromatic rings. The highest BCUT2D eigenvalue weighted by Crippen LogP contribution is 2.04. The maximum atomic E-state index is 11.5. The molecule has 0 aliphatic carbocycles. The zero-order chi connectivity index (χ0) is 12.4. The molecule has 0 aromatic carbocycles. The number of aryl methyl sites for hydroxylation is 1. The fourth-order valence-corrected chi connectivity index (χ4v) is 1.37. The molecule has 0 aliphatic heterocycles. The highest BCUT2D eigenvalue weighted by atomic mass is 16.5. The molecular weight excluding hydrogens is 226 g/mol. The number of amides is 1. The molecule has 8 heteroatoms. The lowest BCUT2D eigenvalue weighted by Gasteiger charge is -1.95. The Labute approximate surface area is 95.6 Å². The number of nitrogens with two attached hydrogens (primary N) is 1. The van der Waals surface area contributed by atoms with Crippen molar-refractivity contribution in [2.45, 2.75) is 6.54 Å². The molecule has 0 unspecified atom stereocenters. The average molecular weight is 237 g/mol. The Morgan fingerprint density at radius 1 is 1.59 bits per heavy atom. The number of hydrazine groups is 1. The molecule has 0 atom stereocenters. The fourth-order valence-electron chi connectivity index (χ4n) is 1.37. The minimum atomic E-state index is -0.541. The van der Waals surface area contributed by atoms with Gasteiger partial charge in [-0.1, -0.05) is 5.16 Å². The Morgan fingerprint density at radius 2 is 2.35 bits per heavy atom. The standard InChI is InChI=1S/C9H11N5O3/c1-13-2-3-14(9(13)16)5-6-4-7(12-17-6)8(15)11-10/h2-4H,5,10H2,1H3,(H,11,15). The molecule has 2 rings (SSSR count). The molecule has 1 amide bonds. The molecule has 8 nitrogen and oxygen atoms in total. The smallest absolute Gasteiger partial charge is 0.328 e. The van der Waals surface area contributed by atoms with E-state index in [0.717, 1.165) is 0 Å². The van der Waals surface area contributed by atoms with Crippen molar-refractivity contribution in [1.29, 1.82) is 0 Å². The van der Waals surface area contributed by atoms with E-state index in [0.29, 0.717) is 5.76 Å². The van der Waals surface area contributed by atoms with Gasteiger partial charge in [0.1, 0.15) is 0 Å². The molecule has 0 radical (unpaired) electrons. The number of nitrogens with zero attached hydrogens (tertiary/aromatic N) is 3. The topological polar surface area (TPSA) is 108 Å². The van der Waals surface area contributed by atoms with Crippen LogP contribution in [0, 0.1) is 0 Å². The van der Waals surface area contributed by atoms with Crippen molar-refractivity contribution in [3.63, 3.8) is 0 Å². The monoisotopic (exact) mass is 237 g/mol. The van der Waals surface area contributed by atoms with Crippen molar-refractivity contribution in [2.75, 3.05) is 0 Å². The molecule has 0 saturated heterocycles. The lowest BCUT2D eigenvalue weighted by atomic mass is 10.3. The maximum Gasteiger partial charge on any atom is 0.328 e. The van der Waals surface area contributed by atoms with Gasteiger partial charge in [0, 0.05) is 25.5 Å². The molecule has 90 valence electrons. The number of hydrogen-bond acceptors (Lipinski definition) is 5. The third kappa shape index (κ3) is 2.11. The minimum Gasteiger partial charge on any atom is -0.359 e. The first-order chi connectivity index (χ1) is 8.11. The zero-order valence-corrected chi connectivity index (χ0v) is 9.08. The van der Waals surface area contributed by atoms with Crippen molar-refractivity contribution >= 4 is 5.91 Å². The maximum absolute atomic E-state index is 11.5. The predicted molar refractivity (Wildman–Crippen MR) is 56.9 cm³/mol. The van der Waals surface area contributed by atoms with E-state index in [-0.39, 0.29) is 17.9 Å². The lowest BCUT2D eigenvalue weighted by Crippen LogP contribution is -2.30. The van der Waals surface area contributed by atoms with Gasteiger partial charge in [-0.25, -0.2) is 10.6 Å². The van der Waals surface area contributed by atoms with Crippen molar-refractivity contribution in [2.24, 2.45) is 12.9 Å². The van der Waals surface area contributed by atoms with Crippen molar-refractivity contribution in [3.05, 3.63) is 40.4 Å². The molecule has 0 spiro atoms. The molecule has 0 saturated carbocycles. The summed E-state index contributed by atoms with van der Waals surface area (Å²) in [6.45, 7) is 0.213. The van der Waals surface area contributed by atoms with Crippen molar-refractivity contribution in [3.8, 4) is 0 Å². The first kappa shape index (κ1) is 11.1. The van der Waals surface area contributed by atoms with Gasteiger partial charge in [-0.2, -0.15) is 0 Å². The first-order valence-corrected chi connectivity index (χ1v) is 4.80. The Balaban J connectivity index is 2.20. The number of nitrogen functional groups attached to an aromatic ring is 1. The second-order valence-electron chi connectivity index (χ2n) is 3.47. The van der Waals surface area contributed by atoms with Gasteiger partial charge in [0.2, 0.25) is 0 Å². The van der Waals surface area contributed by atoms with E-state index in [1.807, 2.05) is 5.43 Å². The van der Waals surface area contributed by atoms with Crippen LogP contribution in [-0.2, 0) is 13.6 Å². The van der Waals surface area contributed by atoms with Gasteiger partial charge < -0.3 is 9.09 Å². The van der Waals surface area contributed by atoms with Crippen LogP contribution in [0.25, 0.3) is 0 Å². The Morgan fingerprint density at radius 3 is 2.94 bits per heavy atom. The van der Waals surface area contributed by atoms with Crippen LogP contribution in [-0.4, -0.2) is 20.2 Å². The van der Waals surface area contributed by atoms with Crippen LogP contribution in [0.5, 0.6) is 0 Å². The van der Waals surface area contributed by atoms with Gasteiger partial charge in [-0.05, 0) is 0 Å². The van der Waals surface area contributed by atoms with Crippen LogP contribution in [0.2, 0.25) is 0 Å². The van der Waals surface area contributed by atoms with Crippen molar-refractivity contribution in [1.82, 2.24) is 19.7 Å². The molecule has 0 aliphatic rings. The Hall–Kier alpha value is -2.35. The van der Waals surface area contributed by atoms with Crippen LogP contribution in [0.3, 0.4) is 0 Å². The predicted octanol–water partition coefficient (Wildman–Crippen LogP) is -1.17. The van der Waals surface area contributed by atoms with Crippen LogP contribution in [0.15, 0.2) is 27.8 Å². The quantitative estimate of drug-likeness (QED) is 0.397. The summed E-state index contributed by atoms with van der Waals surface area (Å²) in [5.41, 5.74) is 1.84. The number of carbonyl (C=O) groups excluding carboxylic acids is 1. The fraction of sp³-hybridized carbons (Fsp3) is 0.222. The minimum absolute atomic E-state index is 0.0754. The van der Waals surface area contributed by atoms with Gasteiger partial charge in [-0.3, -0.25) is 14.8 Å². The van der Waals surface area contributed by atoms with Gasteiger partial charge in [0.25, 0.3) is 5.91 Å². The summed E-state index contributed by atoms with van der Waals surface area (Å²) < 4.78 is 7.79. The van der Waals surface area contributed by atoms with Gasteiger partial charge in [0.05, 0.1) is 6.54 Å². The van der Waals surface area contributed by atoms with E-state index in [2.05, 4.69) is 5.16 Å². The first-order valence-electron chi connectivity index (χ1n) is 4.80. The number of aromatic nitrogens is 3. The number of nitrogens with one attached hydrogen (secondary N) is 1. The Bertz CT molecular complexity index is 594. The summed E-state index contributed by atoms with van der Waals surface area (Å²) in [5.74, 6) is 4.81. The highest BCUT2D eigenvalue weighted by molar-refractivity contribution is 5.91. The summed E-state index contributed by atoms with van der Waals surface area (Å²) in [6, 6.07) is 1.43. The van der Waals surface area contributed by atoms with Gasteiger partial charge >= 0.3 is 5.69 Å². The zero-order valence-electron chi connectivity index (χ0n) is 9.08. The van der Waals surface area contributed by atoms with Gasteiger partial charge in [-0.15, -0.1) is 0 Å². The average Bonchev–Trinajstić information content (AvgIpc) is 2.91. The van der Waals surface area contributed by atoms with E-state index in [4.69, 9.17) is 10.4 Å². The molecule has 2 heterocycles. The molecular formula is C9H11N5O3. The third-order valence-corrected chi connectivity index (χ3v) is 2.27. The second-order valence-corrected chi connectivity index (χ2v) is 3.47. The molecule has 3 N–H and O–H groups in total. The summed E-state index contributed by atoms with van der Waals surface area (Å²) >= 11 is 0. The SMILES string of the molecule is Cn1ccn(Cc2cc(C(=O)NN)no2)c1=O. The van der Waals surface area contributed by atoms with E-state index in [9.17, 15) is 9.59 Å².